The number of hydrogen-bond acceptors (Lipinski definition) is 4. The summed E-state index contributed by atoms with van der Waals surface area (Å²) in [5, 5.41) is 7.70. The van der Waals surface area contributed by atoms with Crippen LogP contribution in [0.5, 0.6) is 5.75 Å². The second-order valence-electron chi connectivity index (χ2n) is 5.81. The van der Waals surface area contributed by atoms with Crippen LogP contribution in [0, 0.1) is 5.82 Å². The Morgan fingerprint density at radius 1 is 1.17 bits per heavy atom. The zero-order chi connectivity index (χ0) is 16.5. The molecular formula is C18H17FN4O. The highest BCUT2D eigenvalue weighted by Gasteiger charge is 2.30. The Morgan fingerprint density at radius 2 is 2.00 bits per heavy atom. The van der Waals surface area contributed by atoms with E-state index in [2.05, 4.69) is 21.5 Å². The maximum absolute atomic E-state index is 13.7. The molecule has 1 aromatic heterocycles. The molecule has 0 spiro atoms. The summed E-state index contributed by atoms with van der Waals surface area (Å²) < 4.78 is 20.8. The van der Waals surface area contributed by atoms with E-state index >= 15 is 0 Å². The standard InChI is InChI=1S/C18H17FN4O/c1-24-15-7-3-4-12(9-15)16-10-17(13-5-2-6-14(19)8-13)23-18(22-16)20-11-21-23/h2-9,11,16-17H,10H2,1H3,(H,20,21,22)/t16-,17+/m1/s1. The summed E-state index contributed by atoms with van der Waals surface area (Å²) in [6, 6.07) is 14.6. The number of benzene rings is 2. The number of hydrogen-bond donors (Lipinski definition) is 1. The van der Waals surface area contributed by atoms with E-state index in [0.717, 1.165) is 23.3 Å². The Bertz CT molecular complexity index is 863. The third kappa shape index (κ3) is 2.60. The van der Waals surface area contributed by atoms with Crippen LogP contribution in [-0.4, -0.2) is 21.9 Å². The highest BCUT2D eigenvalue weighted by molar-refractivity contribution is 5.40. The number of nitrogens with zero attached hydrogens (tertiary/aromatic N) is 3. The number of rotatable bonds is 3. The van der Waals surface area contributed by atoms with Gasteiger partial charge in [0.1, 0.15) is 17.9 Å². The predicted molar refractivity (Wildman–Crippen MR) is 88.5 cm³/mol. The molecule has 2 heterocycles. The maximum atomic E-state index is 13.7. The molecule has 0 radical (unpaired) electrons. The van der Waals surface area contributed by atoms with Crippen LogP contribution in [0.2, 0.25) is 0 Å². The van der Waals surface area contributed by atoms with Crippen molar-refractivity contribution < 1.29 is 9.13 Å². The van der Waals surface area contributed by atoms with Crippen LogP contribution in [0.25, 0.3) is 0 Å². The van der Waals surface area contributed by atoms with Crippen molar-refractivity contribution in [3.05, 3.63) is 71.8 Å². The number of anilines is 1. The van der Waals surface area contributed by atoms with Gasteiger partial charge >= 0.3 is 0 Å². The molecule has 0 saturated carbocycles. The topological polar surface area (TPSA) is 52.0 Å². The van der Waals surface area contributed by atoms with Crippen molar-refractivity contribution in [1.29, 1.82) is 0 Å². The SMILES string of the molecule is COc1cccc([C@H]2C[C@@H](c3cccc(F)c3)n3ncnc3N2)c1. The van der Waals surface area contributed by atoms with Gasteiger partial charge in [-0.1, -0.05) is 24.3 Å². The summed E-state index contributed by atoms with van der Waals surface area (Å²) in [7, 11) is 1.65. The van der Waals surface area contributed by atoms with Crippen LogP contribution in [0.15, 0.2) is 54.9 Å². The molecule has 1 aliphatic heterocycles. The highest BCUT2D eigenvalue weighted by Crippen LogP contribution is 2.38. The summed E-state index contributed by atoms with van der Waals surface area (Å²) >= 11 is 0. The van der Waals surface area contributed by atoms with Gasteiger partial charge in [0, 0.05) is 0 Å². The van der Waals surface area contributed by atoms with E-state index in [9.17, 15) is 4.39 Å². The van der Waals surface area contributed by atoms with Crippen molar-refractivity contribution in [3.8, 4) is 5.75 Å². The largest absolute Gasteiger partial charge is 0.497 e. The van der Waals surface area contributed by atoms with Crippen LogP contribution < -0.4 is 10.1 Å². The second kappa shape index (κ2) is 5.96. The summed E-state index contributed by atoms with van der Waals surface area (Å²) in [5.41, 5.74) is 1.99. The fraction of sp³-hybridized carbons (Fsp3) is 0.222. The zero-order valence-electron chi connectivity index (χ0n) is 13.2. The number of ether oxygens (including phenoxy) is 1. The lowest BCUT2D eigenvalue weighted by Crippen LogP contribution is -2.28. The molecule has 0 unspecified atom stereocenters. The molecule has 4 rings (SSSR count). The summed E-state index contributed by atoms with van der Waals surface area (Å²) in [4.78, 5) is 4.29. The first-order chi connectivity index (χ1) is 11.7. The van der Waals surface area contributed by atoms with Crippen molar-refractivity contribution >= 4 is 5.95 Å². The summed E-state index contributed by atoms with van der Waals surface area (Å²) in [5.74, 6) is 1.25. The zero-order valence-corrected chi connectivity index (χ0v) is 13.2. The lowest BCUT2D eigenvalue weighted by atomic mass is 9.93. The number of aromatic nitrogens is 3. The van der Waals surface area contributed by atoms with E-state index in [-0.39, 0.29) is 17.9 Å². The van der Waals surface area contributed by atoms with Gasteiger partial charge in [-0.3, -0.25) is 0 Å². The Hall–Kier alpha value is -2.89. The molecule has 0 amide bonds. The van der Waals surface area contributed by atoms with Crippen molar-refractivity contribution in [2.45, 2.75) is 18.5 Å². The fourth-order valence-electron chi connectivity index (χ4n) is 3.19. The van der Waals surface area contributed by atoms with E-state index < -0.39 is 0 Å². The quantitative estimate of drug-likeness (QED) is 0.800. The summed E-state index contributed by atoms with van der Waals surface area (Å²) in [6.07, 6.45) is 2.26. The van der Waals surface area contributed by atoms with Gasteiger partial charge in [-0.15, -0.1) is 0 Å². The van der Waals surface area contributed by atoms with Crippen LogP contribution >= 0.6 is 0 Å². The van der Waals surface area contributed by atoms with Crippen LogP contribution in [-0.2, 0) is 0 Å². The predicted octanol–water partition coefficient (Wildman–Crippen LogP) is 3.57. The molecule has 2 aromatic carbocycles. The van der Waals surface area contributed by atoms with Gasteiger partial charge in [-0.05, 0) is 41.8 Å². The van der Waals surface area contributed by atoms with Crippen LogP contribution in [0.3, 0.4) is 0 Å². The second-order valence-corrected chi connectivity index (χ2v) is 5.81. The molecule has 0 bridgehead atoms. The van der Waals surface area contributed by atoms with E-state index in [4.69, 9.17) is 4.74 Å². The summed E-state index contributed by atoms with van der Waals surface area (Å²) in [6.45, 7) is 0. The Balaban J connectivity index is 1.73. The molecule has 1 aliphatic rings. The van der Waals surface area contributed by atoms with Gasteiger partial charge in [0.2, 0.25) is 5.95 Å². The molecule has 2 atom stereocenters. The molecule has 0 fully saturated rings. The monoisotopic (exact) mass is 324 g/mol. The minimum Gasteiger partial charge on any atom is -0.497 e. The molecule has 0 saturated heterocycles. The van der Waals surface area contributed by atoms with E-state index in [1.807, 2.05) is 28.9 Å². The number of halogens is 1. The minimum atomic E-state index is -0.245. The fourth-order valence-corrected chi connectivity index (χ4v) is 3.19. The molecular weight excluding hydrogens is 307 g/mol. The third-order valence-corrected chi connectivity index (χ3v) is 4.36. The smallest absolute Gasteiger partial charge is 0.222 e. The van der Waals surface area contributed by atoms with Crippen molar-refractivity contribution in [2.24, 2.45) is 0 Å². The van der Waals surface area contributed by atoms with Crippen molar-refractivity contribution in [3.63, 3.8) is 0 Å². The van der Waals surface area contributed by atoms with Gasteiger partial charge in [-0.25, -0.2) is 9.07 Å². The van der Waals surface area contributed by atoms with Crippen LogP contribution in [0.1, 0.15) is 29.6 Å². The first kappa shape index (κ1) is 14.7. The first-order valence-corrected chi connectivity index (χ1v) is 7.80. The maximum Gasteiger partial charge on any atom is 0.222 e. The minimum absolute atomic E-state index is 0.0464. The molecule has 6 heteroatoms. The molecule has 1 N–H and O–H groups in total. The van der Waals surface area contributed by atoms with Crippen LogP contribution in [0.4, 0.5) is 10.3 Å². The van der Waals surface area contributed by atoms with Gasteiger partial charge in [0.15, 0.2) is 0 Å². The van der Waals surface area contributed by atoms with Gasteiger partial charge in [0.05, 0.1) is 19.2 Å². The Morgan fingerprint density at radius 3 is 2.83 bits per heavy atom. The third-order valence-electron chi connectivity index (χ3n) is 4.36. The van der Waals surface area contributed by atoms with E-state index in [1.54, 1.807) is 19.2 Å². The van der Waals surface area contributed by atoms with Gasteiger partial charge in [0.25, 0.3) is 0 Å². The van der Waals surface area contributed by atoms with Crippen molar-refractivity contribution in [1.82, 2.24) is 14.8 Å². The van der Waals surface area contributed by atoms with Gasteiger partial charge < -0.3 is 10.1 Å². The average Bonchev–Trinajstić information content (AvgIpc) is 3.09. The Labute approximate surface area is 139 Å². The van der Waals surface area contributed by atoms with E-state index in [1.165, 1.54) is 12.4 Å². The normalized spacial score (nSPS) is 19.4. The number of fused-ring (bicyclic) bond motifs is 1. The lowest BCUT2D eigenvalue weighted by molar-refractivity contribution is 0.409. The Kier molecular flexibility index (Phi) is 3.65. The first-order valence-electron chi connectivity index (χ1n) is 7.80. The molecule has 0 aliphatic carbocycles. The molecule has 5 nitrogen and oxygen atoms in total. The van der Waals surface area contributed by atoms with Crippen molar-refractivity contribution in [2.75, 3.05) is 12.4 Å². The lowest BCUT2D eigenvalue weighted by Gasteiger charge is -2.32. The average molecular weight is 324 g/mol. The van der Waals surface area contributed by atoms with Gasteiger partial charge in [-0.2, -0.15) is 10.1 Å². The number of nitrogens with one attached hydrogen (secondary N) is 1. The molecule has 3 aromatic rings. The van der Waals surface area contributed by atoms with E-state index in [0.29, 0.717) is 5.95 Å². The number of methoxy groups -OCH3 is 1. The molecule has 122 valence electrons. The molecule has 24 heavy (non-hydrogen) atoms. The highest BCUT2D eigenvalue weighted by atomic mass is 19.1.